The largest absolute Gasteiger partial charge is 0.388 e. The van der Waals surface area contributed by atoms with Crippen molar-refractivity contribution in [1.29, 1.82) is 5.41 Å². The molecule has 0 saturated carbocycles. The minimum absolute atomic E-state index is 0.167. The first-order valence-electron chi connectivity index (χ1n) is 4.14. The molecule has 1 heterocycles. The van der Waals surface area contributed by atoms with Gasteiger partial charge in [0.05, 0.1) is 5.84 Å². The zero-order valence-electron chi connectivity index (χ0n) is 7.48. The van der Waals surface area contributed by atoms with Gasteiger partial charge < -0.3 is 11.1 Å². The second-order valence-corrected chi connectivity index (χ2v) is 3.12. The van der Waals surface area contributed by atoms with Gasteiger partial charge in [0.1, 0.15) is 0 Å². The Hall–Kier alpha value is -0.570. The van der Waals surface area contributed by atoms with Crippen LogP contribution in [-0.2, 0) is 0 Å². The number of rotatable bonds is 0. The molecular formula is C8H19N3. The van der Waals surface area contributed by atoms with Crippen LogP contribution in [0.25, 0.3) is 0 Å². The molecule has 1 aliphatic rings. The van der Waals surface area contributed by atoms with Crippen LogP contribution in [0.15, 0.2) is 0 Å². The average molecular weight is 157 g/mol. The molecule has 66 valence electrons. The summed E-state index contributed by atoms with van der Waals surface area (Å²) in [7, 11) is 0. The first kappa shape index (κ1) is 10.4. The lowest BCUT2D eigenvalue weighted by Crippen LogP contribution is -2.26. The summed E-state index contributed by atoms with van der Waals surface area (Å²) < 4.78 is 0. The van der Waals surface area contributed by atoms with Gasteiger partial charge in [0.15, 0.2) is 0 Å². The summed E-state index contributed by atoms with van der Waals surface area (Å²) in [4.78, 5) is 0. The summed E-state index contributed by atoms with van der Waals surface area (Å²) in [5, 5.41) is 9.59. The maximum Gasteiger partial charge on any atom is 0.0873 e. The van der Waals surface area contributed by atoms with Crippen LogP contribution in [-0.4, -0.2) is 18.9 Å². The van der Waals surface area contributed by atoms with Crippen molar-refractivity contribution < 1.29 is 0 Å². The van der Waals surface area contributed by atoms with E-state index in [2.05, 4.69) is 12.2 Å². The third-order valence-corrected chi connectivity index (χ3v) is 1.63. The standard InChI is InChI=1S/C6H13N.C2H6N2/c1-6-2-4-7-5-3-6;1-2(3)4/h6-7H,2-5H2,1H3;1H3,(H3,3,4). The van der Waals surface area contributed by atoms with Crippen molar-refractivity contribution in [3.05, 3.63) is 0 Å². The normalized spacial score (nSPS) is 18.4. The van der Waals surface area contributed by atoms with Gasteiger partial charge in [-0.25, -0.2) is 0 Å². The molecule has 0 aromatic carbocycles. The Morgan fingerprint density at radius 3 is 2.00 bits per heavy atom. The smallest absolute Gasteiger partial charge is 0.0873 e. The molecule has 3 heteroatoms. The Morgan fingerprint density at radius 1 is 1.45 bits per heavy atom. The van der Waals surface area contributed by atoms with Gasteiger partial charge >= 0.3 is 0 Å². The van der Waals surface area contributed by atoms with Crippen molar-refractivity contribution in [1.82, 2.24) is 5.32 Å². The van der Waals surface area contributed by atoms with E-state index in [4.69, 9.17) is 11.1 Å². The summed E-state index contributed by atoms with van der Waals surface area (Å²) in [5.41, 5.74) is 4.69. The number of hydrogen-bond donors (Lipinski definition) is 3. The van der Waals surface area contributed by atoms with Gasteiger partial charge in [-0.05, 0) is 38.8 Å². The van der Waals surface area contributed by atoms with Crippen molar-refractivity contribution in [3.8, 4) is 0 Å². The van der Waals surface area contributed by atoms with E-state index in [1.54, 1.807) is 0 Å². The van der Waals surface area contributed by atoms with Gasteiger partial charge in [-0.1, -0.05) is 6.92 Å². The van der Waals surface area contributed by atoms with Crippen molar-refractivity contribution >= 4 is 5.84 Å². The SMILES string of the molecule is CC(=N)N.CC1CCNCC1. The number of amidine groups is 1. The van der Waals surface area contributed by atoms with Crippen LogP contribution in [0.4, 0.5) is 0 Å². The molecule has 1 fully saturated rings. The lowest BCUT2D eigenvalue weighted by molar-refractivity contribution is 0.402. The Bertz CT molecular complexity index is 102. The zero-order chi connectivity index (χ0) is 8.69. The highest BCUT2D eigenvalue weighted by Crippen LogP contribution is 2.08. The molecule has 11 heavy (non-hydrogen) atoms. The lowest BCUT2D eigenvalue weighted by atomic mass is 10.0. The molecule has 1 saturated heterocycles. The molecule has 0 amide bonds. The topological polar surface area (TPSA) is 61.9 Å². The van der Waals surface area contributed by atoms with Gasteiger partial charge in [0.25, 0.3) is 0 Å². The van der Waals surface area contributed by atoms with E-state index in [-0.39, 0.29) is 5.84 Å². The van der Waals surface area contributed by atoms with Crippen LogP contribution in [0.1, 0.15) is 26.7 Å². The van der Waals surface area contributed by atoms with Crippen LogP contribution in [0.3, 0.4) is 0 Å². The molecule has 0 aliphatic carbocycles. The van der Waals surface area contributed by atoms with E-state index in [1.165, 1.54) is 32.9 Å². The maximum absolute atomic E-state index is 6.28. The minimum atomic E-state index is 0.167. The van der Waals surface area contributed by atoms with Crippen molar-refractivity contribution in [2.45, 2.75) is 26.7 Å². The fraction of sp³-hybridized carbons (Fsp3) is 0.875. The van der Waals surface area contributed by atoms with Crippen LogP contribution in [0, 0.1) is 11.3 Å². The van der Waals surface area contributed by atoms with E-state index in [0.29, 0.717) is 0 Å². The van der Waals surface area contributed by atoms with Gasteiger partial charge in [0, 0.05) is 0 Å². The molecule has 0 atom stereocenters. The summed E-state index contributed by atoms with van der Waals surface area (Å²) in [6.07, 6.45) is 2.75. The summed E-state index contributed by atoms with van der Waals surface area (Å²) >= 11 is 0. The first-order valence-corrected chi connectivity index (χ1v) is 4.14. The Labute approximate surface area is 68.9 Å². The lowest BCUT2D eigenvalue weighted by Gasteiger charge is -2.17. The van der Waals surface area contributed by atoms with Gasteiger partial charge in [0.2, 0.25) is 0 Å². The number of nitrogens with one attached hydrogen (secondary N) is 2. The molecule has 0 spiro atoms. The van der Waals surface area contributed by atoms with Gasteiger partial charge in [-0.2, -0.15) is 0 Å². The predicted molar refractivity (Wildman–Crippen MR) is 48.9 cm³/mol. The van der Waals surface area contributed by atoms with E-state index in [0.717, 1.165) is 5.92 Å². The molecule has 3 nitrogen and oxygen atoms in total. The summed E-state index contributed by atoms with van der Waals surface area (Å²) in [5.74, 6) is 1.14. The molecule has 1 rings (SSSR count). The molecule has 0 aromatic heterocycles. The first-order chi connectivity index (χ1) is 5.13. The summed E-state index contributed by atoms with van der Waals surface area (Å²) in [6, 6.07) is 0. The highest BCUT2D eigenvalue weighted by atomic mass is 14.9. The number of nitrogens with two attached hydrogens (primary N) is 1. The molecule has 1 aliphatic heterocycles. The highest BCUT2D eigenvalue weighted by Gasteiger charge is 2.04. The van der Waals surface area contributed by atoms with Crippen LogP contribution < -0.4 is 11.1 Å². The highest BCUT2D eigenvalue weighted by molar-refractivity contribution is 5.73. The van der Waals surface area contributed by atoms with Crippen LogP contribution >= 0.6 is 0 Å². The van der Waals surface area contributed by atoms with Gasteiger partial charge in [-0.3, -0.25) is 5.41 Å². The number of hydrogen-bond acceptors (Lipinski definition) is 2. The molecule has 0 bridgehead atoms. The van der Waals surface area contributed by atoms with Crippen LogP contribution in [0.2, 0.25) is 0 Å². The van der Waals surface area contributed by atoms with E-state index in [9.17, 15) is 0 Å². The van der Waals surface area contributed by atoms with E-state index < -0.39 is 0 Å². The molecule has 4 N–H and O–H groups in total. The third-order valence-electron chi connectivity index (χ3n) is 1.63. The van der Waals surface area contributed by atoms with Crippen molar-refractivity contribution in [3.63, 3.8) is 0 Å². The third kappa shape index (κ3) is 9.43. The molecule has 0 unspecified atom stereocenters. The quantitative estimate of drug-likeness (QED) is 0.362. The fourth-order valence-electron chi connectivity index (χ4n) is 0.966. The predicted octanol–water partition coefficient (Wildman–Crippen LogP) is 0.948. The second-order valence-electron chi connectivity index (χ2n) is 3.12. The van der Waals surface area contributed by atoms with Gasteiger partial charge in [-0.15, -0.1) is 0 Å². The maximum atomic E-state index is 6.28. The average Bonchev–Trinajstić information content (AvgIpc) is 1.87. The summed E-state index contributed by atoms with van der Waals surface area (Å²) in [6.45, 7) is 6.32. The molecule has 0 radical (unpaired) electrons. The van der Waals surface area contributed by atoms with Crippen molar-refractivity contribution in [2.24, 2.45) is 11.7 Å². The minimum Gasteiger partial charge on any atom is -0.388 e. The second kappa shape index (κ2) is 6.16. The van der Waals surface area contributed by atoms with Crippen LogP contribution in [0.5, 0.6) is 0 Å². The number of piperidine rings is 1. The monoisotopic (exact) mass is 157 g/mol. The Kier molecular flexibility index (Phi) is 5.84. The fourth-order valence-corrected chi connectivity index (χ4v) is 0.966. The molecule has 0 aromatic rings. The van der Waals surface area contributed by atoms with Crippen molar-refractivity contribution in [2.75, 3.05) is 13.1 Å². The van der Waals surface area contributed by atoms with E-state index >= 15 is 0 Å². The zero-order valence-corrected chi connectivity index (χ0v) is 7.48. The Morgan fingerprint density at radius 2 is 1.82 bits per heavy atom. The Balaban J connectivity index is 0.000000218. The molecular weight excluding hydrogens is 138 g/mol. The van der Waals surface area contributed by atoms with E-state index in [1.807, 2.05) is 0 Å².